The van der Waals surface area contributed by atoms with Crippen LogP contribution in [0, 0.1) is 12.0 Å². The topological polar surface area (TPSA) is 23.8 Å². The van der Waals surface area contributed by atoms with E-state index in [-0.39, 0.29) is 21.7 Å². The van der Waals surface area contributed by atoms with Gasteiger partial charge < -0.3 is 5.73 Å². The third kappa shape index (κ3) is 11.5. The number of nitrogens with one attached hydrogen (secondary N) is 1. The van der Waals surface area contributed by atoms with Crippen LogP contribution in [-0.2, 0) is 21.7 Å². The minimum atomic E-state index is 0. The summed E-state index contributed by atoms with van der Waals surface area (Å²) in [4.78, 5) is 0. The zero-order chi connectivity index (χ0) is 20.9. The fourth-order valence-corrected chi connectivity index (χ4v) is 2.51. The van der Waals surface area contributed by atoms with Crippen LogP contribution in [0.3, 0.4) is 0 Å². The fourth-order valence-electron chi connectivity index (χ4n) is 2.51. The zero-order valence-electron chi connectivity index (χ0n) is 18.9. The summed E-state index contributed by atoms with van der Waals surface area (Å²) in [6.45, 7) is 13.1. The first-order valence-corrected chi connectivity index (χ1v) is 12.5. The van der Waals surface area contributed by atoms with Gasteiger partial charge in [0.1, 0.15) is 0 Å². The number of hydrogen-bond acceptors (Lipinski definition) is 0. The second-order valence-electron chi connectivity index (χ2n) is 7.38. The first kappa shape index (κ1) is 27.8. The van der Waals surface area contributed by atoms with Gasteiger partial charge in [0.05, 0.1) is 0 Å². The third-order valence-corrected chi connectivity index (χ3v) is 4.69. The summed E-state index contributed by atoms with van der Waals surface area (Å²) in [6.07, 6.45) is 5.66. The summed E-state index contributed by atoms with van der Waals surface area (Å²) in [5.74, 6) is 0.560. The molecular weight excluding hydrogens is 402 g/mol. The SMILES string of the molecule is CC1=[C-]C(C)C(C)=C1C.C[SiH]C.[NH-]C1CC1.[Ti+2].c1ccc(-c2ccccc2)cc1. The van der Waals surface area contributed by atoms with Crippen LogP contribution in [0.25, 0.3) is 16.9 Å². The van der Waals surface area contributed by atoms with Crippen molar-refractivity contribution in [2.75, 3.05) is 0 Å². The Morgan fingerprint density at radius 1 is 0.828 bits per heavy atom. The van der Waals surface area contributed by atoms with Gasteiger partial charge in [0.25, 0.3) is 0 Å². The molecule has 153 valence electrons. The maximum absolute atomic E-state index is 6.69. The molecular formula is C26H36NSiTi. The van der Waals surface area contributed by atoms with E-state index in [1.54, 1.807) is 0 Å². The molecule has 2 aliphatic rings. The van der Waals surface area contributed by atoms with E-state index in [4.69, 9.17) is 5.73 Å². The van der Waals surface area contributed by atoms with Crippen molar-refractivity contribution in [3.8, 4) is 11.1 Å². The molecule has 1 saturated carbocycles. The Labute approximate surface area is 196 Å². The Morgan fingerprint density at radius 2 is 1.17 bits per heavy atom. The number of allylic oxidation sites excluding steroid dienone is 4. The van der Waals surface area contributed by atoms with Gasteiger partial charge in [-0.25, -0.2) is 5.57 Å². The molecule has 2 aromatic carbocycles. The average Bonchev–Trinajstić information content (AvgIpc) is 3.47. The van der Waals surface area contributed by atoms with Crippen LogP contribution in [0.15, 0.2) is 77.4 Å². The summed E-state index contributed by atoms with van der Waals surface area (Å²) in [7, 11) is 0.750. The van der Waals surface area contributed by atoms with Crippen molar-refractivity contribution in [2.45, 2.75) is 59.7 Å². The fraction of sp³-hybridized carbons (Fsp3) is 0.385. The molecule has 2 aromatic rings. The molecule has 3 heteroatoms. The second-order valence-corrected chi connectivity index (χ2v) is 8.54. The summed E-state index contributed by atoms with van der Waals surface area (Å²) in [6, 6.07) is 21.1. The summed E-state index contributed by atoms with van der Waals surface area (Å²) in [5.41, 5.74) is 13.5. The van der Waals surface area contributed by atoms with Crippen molar-refractivity contribution in [1.82, 2.24) is 0 Å². The van der Waals surface area contributed by atoms with Gasteiger partial charge in [-0.1, -0.05) is 113 Å². The van der Waals surface area contributed by atoms with E-state index in [0.29, 0.717) is 12.0 Å². The molecule has 4 rings (SSSR count). The second kappa shape index (κ2) is 15.6. The minimum absolute atomic E-state index is 0. The molecule has 0 heterocycles. The average molecular weight is 439 g/mol. The quantitative estimate of drug-likeness (QED) is 0.320. The molecule has 1 atom stereocenters. The Balaban J connectivity index is 0.000000406. The predicted molar refractivity (Wildman–Crippen MR) is 128 cm³/mol. The molecule has 0 aliphatic heterocycles. The van der Waals surface area contributed by atoms with Crippen molar-refractivity contribution >= 4 is 9.52 Å². The van der Waals surface area contributed by atoms with Crippen molar-refractivity contribution in [3.05, 3.63) is 89.2 Å². The number of benzene rings is 2. The first-order valence-electron chi connectivity index (χ1n) is 10.2. The Morgan fingerprint density at radius 3 is 1.34 bits per heavy atom. The molecule has 29 heavy (non-hydrogen) atoms. The summed E-state index contributed by atoms with van der Waals surface area (Å²) >= 11 is 0. The van der Waals surface area contributed by atoms with E-state index in [1.807, 2.05) is 12.1 Å². The molecule has 1 unspecified atom stereocenters. The molecule has 0 spiro atoms. The maximum atomic E-state index is 6.69. The van der Waals surface area contributed by atoms with Gasteiger partial charge in [0.15, 0.2) is 0 Å². The van der Waals surface area contributed by atoms with Crippen LogP contribution in [0.2, 0.25) is 13.1 Å². The van der Waals surface area contributed by atoms with Crippen molar-refractivity contribution in [3.63, 3.8) is 0 Å². The van der Waals surface area contributed by atoms with Crippen molar-refractivity contribution in [2.24, 2.45) is 5.92 Å². The van der Waals surface area contributed by atoms with Crippen LogP contribution in [0.4, 0.5) is 0 Å². The van der Waals surface area contributed by atoms with E-state index in [2.05, 4.69) is 95.4 Å². The van der Waals surface area contributed by atoms with Crippen LogP contribution in [0.1, 0.15) is 40.5 Å². The molecule has 1 nitrogen and oxygen atoms in total. The number of hydrogen-bond donors (Lipinski definition) is 0. The summed E-state index contributed by atoms with van der Waals surface area (Å²) < 4.78 is 0. The van der Waals surface area contributed by atoms with Gasteiger partial charge in [-0.05, 0) is 11.1 Å². The smallest absolute Gasteiger partial charge is 0.675 e. The largest absolute Gasteiger partial charge is 2.00 e. The Kier molecular flexibility index (Phi) is 15.0. The molecule has 0 aromatic heterocycles. The van der Waals surface area contributed by atoms with Crippen LogP contribution < -0.4 is 0 Å². The van der Waals surface area contributed by atoms with Crippen LogP contribution in [0.5, 0.6) is 0 Å². The Bertz CT molecular complexity index is 696. The first-order chi connectivity index (χ1) is 13.4. The monoisotopic (exact) mass is 438 g/mol. The van der Waals surface area contributed by atoms with Gasteiger partial charge in [-0.3, -0.25) is 6.08 Å². The molecule has 1 fully saturated rings. The molecule has 0 amide bonds. The van der Waals surface area contributed by atoms with Gasteiger partial charge in [-0.15, -0.1) is 13.0 Å². The van der Waals surface area contributed by atoms with Crippen molar-refractivity contribution < 1.29 is 21.7 Å². The van der Waals surface area contributed by atoms with E-state index >= 15 is 0 Å². The van der Waals surface area contributed by atoms with Crippen molar-refractivity contribution in [1.29, 1.82) is 0 Å². The van der Waals surface area contributed by atoms with Gasteiger partial charge in [-0.2, -0.15) is 11.1 Å². The van der Waals surface area contributed by atoms with Gasteiger partial charge in [0.2, 0.25) is 0 Å². The Hall–Kier alpha value is -1.19. The van der Waals surface area contributed by atoms with Crippen LogP contribution >= 0.6 is 0 Å². The van der Waals surface area contributed by atoms with Gasteiger partial charge >= 0.3 is 21.7 Å². The standard InChI is InChI=1S/C12H10.C9H13.C3H6N.C2H7Si.Ti/c1-3-7-11(8-4-1)12-9-5-2-6-10-12;1-6-5-7(2)9(4)8(6)3;4-3-1-2-3;1-3-2;/h1-10H;6H,1-4H3;3-4H,1-2H2;3H,1-2H3;/q;2*-1;;+2. The van der Waals surface area contributed by atoms with E-state index in [0.717, 1.165) is 22.4 Å². The molecule has 1 N–H and O–H groups in total. The molecule has 2 aliphatic carbocycles. The predicted octanol–water partition coefficient (Wildman–Crippen LogP) is 7.79. The summed E-state index contributed by atoms with van der Waals surface area (Å²) in [5, 5.41) is 0. The molecule has 0 bridgehead atoms. The molecule has 0 saturated heterocycles. The molecule has 1 radical (unpaired) electrons. The van der Waals surface area contributed by atoms with Gasteiger partial charge in [0, 0.05) is 9.52 Å². The minimum Gasteiger partial charge on any atom is -0.675 e. The van der Waals surface area contributed by atoms with Crippen LogP contribution in [-0.4, -0.2) is 15.6 Å². The number of rotatable bonds is 1. The third-order valence-electron chi connectivity index (χ3n) is 4.69. The van der Waals surface area contributed by atoms with E-state index in [1.165, 1.54) is 27.8 Å². The van der Waals surface area contributed by atoms with E-state index in [9.17, 15) is 0 Å². The normalized spacial score (nSPS) is 16.7. The van der Waals surface area contributed by atoms with E-state index < -0.39 is 0 Å². The maximum Gasteiger partial charge on any atom is 2.00 e. The zero-order valence-corrected chi connectivity index (χ0v) is 21.6.